The minimum Gasteiger partial charge on any atom is -0.452 e. The second kappa shape index (κ2) is 6.93. The van der Waals surface area contributed by atoms with Crippen LogP contribution in [0.25, 0.3) is 11.4 Å². The molecular weight excluding hydrogens is 384 g/mol. The monoisotopic (exact) mass is 392 g/mol. The third-order valence-electron chi connectivity index (χ3n) is 2.97. The Balaban J connectivity index is 1.68. The Labute approximate surface area is 145 Å². The summed E-state index contributed by atoms with van der Waals surface area (Å²) in [4.78, 5) is 16.2. The third kappa shape index (κ3) is 3.78. The highest BCUT2D eigenvalue weighted by Gasteiger charge is 2.14. The molecule has 0 bridgehead atoms. The molecule has 0 aliphatic carbocycles. The van der Waals surface area contributed by atoms with E-state index in [1.54, 1.807) is 36.4 Å². The average molecular weight is 394 g/mol. The number of carbonyl (C=O) groups excluding carboxylic acids is 1. The van der Waals surface area contributed by atoms with E-state index in [1.807, 2.05) is 12.1 Å². The van der Waals surface area contributed by atoms with Crippen molar-refractivity contribution in [3.63, 3.8) is 0 Å². The van der Waals surface area contributed by atoms with E-state index in [-0.39, 0.29) is 12.5 Å². The summed E-state index contributed by atoms with van der Waals surface area (Å²) in [6, 6.07) is 14.1. The van der Waals surface area contributed by atoms with Crippen molar-refractivity contribution in [3.8, 4) is 11.4 Å². The maximum atomic E-state index is 12.0. The van der Waals surface area contributed by atoms with E-state index >= 15 is 0 Å². The maximum Gasteiger partial charge on any atom is 0.339 e. The van der Waals surface area contributed by atoms with Crippen molar-refractivity contribution in [2.24, 2.45) is 0 Å². The third-order valence-corrected chi connectivity index (χ3v) is 3.90. The molecule has 7 heteroatoms. The molecule has 1 heterocycles. The van der Waals surface area contributed by atoms with E-state index < -0.39 is 5.97 Å². The van der Waals surface area contributed by atoms with Gasteiger partial charge in [0.1, 0.15) is 0 Å². The van der Waals surface area contributed by atoms with Crippen LogP contribution in [0.2, 0.25) is 5.02 Å². The Morgan fingerprint density at radius 3 is 2.83 bits per heavy atom. The first kappa shape index (κ1) is 15.7. The molecule has 0 atom stereocenters. The number of carbonyl (C=O) groups is 1. The van der Waals surface area contributed by atoms with Crippen molar-refractivity contribution < 1.29 is 14.1 Å². The topological polar surface area (TPSA) is 65.2 Å². The fraction of sp³-hybridized carbons (Fsp3) is 0.0625. The van der Waals surface area contributed by atoms with Crippen LogP contribution in [0, 0.1) is 0 Å². The molecule has 0 spiro atoms. The quantitative estimate of drug-likeness (QED) is 0.610. The Morgan fingerprint density at radius 2 is 2.04 bits per heavy atom. The van der Waals surface area contributed by atoms with Gasteiger partial charge in [0.25, 0.3) is 5.89 Å². The summed E-state index contributed by atoms with van der Waals surface area (Å²) in [7, 11) is 0. The molecular formula is C16H10BrClN2O3. The van der Waals surface area contributed by atoms with E-state index in [1.165, 1.54) is 0 Å². The van der Waals surface area contributed by atoms with Crippen molar-refractivity contribution in [1.82, 2.24) is 10.1 Å². The van der Waals surface area contributed by atoms with Crippen LogP contribution >= 0.6 is 27.5 Å². The van der Waals surface area contributed by atoms with Gasteiger partial charge in [0, 0.05) is 15.1 Å². The summed E-state index contributed by atoms with van der Waals surface area (Å²) in [5.74, 6) is 0.125. The standard InChI is InChI=1S/C16H10BrClN2O3/c17-13-7-2-1-6-12(13)16(21)22-9-14-19-15(20-23-14)10-4-3-5-11(18)8-10/h1-8H,9H2. The largest absolute Gasteiger partial charge is 0.452 e. The fourth-order valence-electron chi connectivity index (χ4n) is 1.89. The van der Waals surface area contributed by atoms with E-state index in [4.69, 9.17) is 20.9 Å². The molecule has 1 aromatic heterocycles. The second-order valence-corrected chi connectivity index (χ2v) is 5.87. The zero-order chi connectivity index (χ0) is 16.2. The SMILES string of the molecule is O=C(OCc1nc(-c2cccc(Cl)c2)no1)c1ccccc1Br. The van der Waals surface area contributed by atoms with Crippen LogP contribution in [-0.4, -0.2) is 16.1 Å². The van der Waals surface area contributed by atoms with Crippen LogP contribution in [0.3, 0.4) is 0 Å². The van der Waals surface area contributed by atoms with E-state index in [9.17, 15) is 4.79 Å². The number of esters is 1. The first-order valence-corrected chi connectivity index (χ1v) is 7.81. The number of ether oxygens (including phenoxy) is 1. The van der Waals surface area contributed by atoms with Crippen LogP contribution in [0.1, 0.15) is 16.2 Å². The lowest BCUT2D eigenvalue weighted by atomic mass is 10.2. The first-order valence-electron chi connectivity index (χ1n) is 6.63. The van der Waals surface area contributed by atoms with E-state index in [2.05, 4.69) is 26.1 Å². The molecule has 3 rings (SSSR count). The predicted molar refractivity (Wildman–Crippen MR) is 88.0 cm³/mol. The Bertz CT molecular complexity index is 851. The van der Waals surface area contributed by atoms with Crippen LogP contribution in [0.5, 0.6) is 0 Å². The lowest BCUT2D eigenvalue weighted by molar-refractivity contribution is 0.0428. The Kier molecular flexibility index (Phi) is 4.73. The van der Waals surface area contributed by atoms with Gasteiger partial charge in [-0.25, -0.2) is 4.79 Å². The van der Waals surface area contributed by atoms with Crippen LogP contribution in [0.4, 0.5) is 0 Å². The summed E-state index contributed by atoms with van der Waals surface area (Å²) in [5, 5.41) is 4.43. The van der Waals surface area contributed by atoms with Crippen molar-refractivity contribution >= 4 is 33.5 Å². The number of nitrogens with zero attached hydrogens (tertiary/aromatic N) is 2. The highest BCUT2D eigenvalue weighted by molar-refractivity contribution is 9.10. The smallest absolute Gasteiger partial charge is 0.339 e. The van der Waals surface area contributed by atoms with E-state index in [0.717, 1.165) is 5.56 Å². The van der Waals surface area contributed by atoms with Gasteiger partial charge in [-0.05, 0) is 40.2 Å². The van der Waals surface area contributed by atoms with Gasteiger partial charge >= 0.3 is 5.97 Å². The molecule has 0 fully saturated rings. The molecule has 5 nitrogen and oxygen atoms in total. The van der Waals surface area contributed by atoms with E-state index in [0.29, 0.717) is 20.9 Å². The van der Waals surface area contributed by atoms with Crippen LogP contribution in [-0.2, 0) is 11.3 Å². The molecule has 0 unspecified atom stereocenters. The van der Waals surface area contributed by atoms with Crippen molar-refractivity contribution in [2.45, 2.75) is 6.61 Å². The lowest BCUT2D eigenvalue weighted by Crippen LogP contribution is -2.06. The lowest BCUT2D eigenvalue weighted by Gasteiger charge is -2.03. The van der Waals surface area contributed by atoms with Crippen molar-refractivity contribution in [3.05, 3.63) is 69.5 Å². The van der Waals surface area contributed by atoms with Gasteiger partial charge in [0.15, 0.2) is 6.61 Å². The Hall–Kier alpha value is -2.18. The highest BCUT2D eigenvalue weighted by Crippen LogP contribution is 2.21. The van der Waals surface area contributed by atoms with Gasteiger partial charge < -0.3 is 9.26 Å². The molecule has 0 aliphatic rings. The molecule has 0 amide bonds. The molecule has 3 aromatic rings. The first-order chi connectivity index (χ1) is 11.1. The maximum absolute atomic E-state index is 12.0. The number of aromatic nitrogens is 2. The van der Waals surface area contributed by atoms with Crippen molar-refractivity contribution in [2.75, 3.05) is 0 Å². The summed E-state index contributed by atoms with van der Waals surface area (Å²) in [5.41, 5.74) is 1.16. The van der Waals surface area contributed by atoms with Gasteiger partial charge in [0.05, 0.1) is 5.56 Å². The van der Waals surface area contributed by atoms with Gasteiger partial charge in [-0.2, -0.15) is 4.98 Å². The normalized spacial score (nSPS) is 10.5. The molecule has 0 N–H and O–H groups in total. The van der Waals surface area contributed by atoms with Gasteiger partial charge in [-0.3, -0.25) is 0 Å². The Morgan fingerprint density at radius 1 is 1.22 bits per heavy atom. The number of rotatable bonds is 4. The highest BCUT2D eigenvalue weighted by atomic mass is 79.9. The summed E-state index contributed by atoms with van der Waals surface area (Å²) < 4.78 is 10.9. The van der Waals surface area contributed by atoms with Crippen LogP contribution < -0.4 is 0 Å². The minimum absolute atomic E-state index is 0.103. The molecule has 116 valence electrons. The zero-order valence-electron chi connectivity index (χ0n) is 11.7. The zero-order valence-corrected chi connectivity index (χ0v) is 14.0. The molecule has 0 saturated carbocycles. The fourth-order valence-corrected chi connectivity index (χ4v) is 2.53. The van der Waals surface area contributed by atoms with Crippen LogP contribution in [0.15, 0.2) is 57.5 Å². The molecule has 23 heavy (non-hydrogen) atoms. The number of hydrogen-bond acceptors (Lipinski definition) is 5. The van der Waals surface area contributed by atoms with Gasteiger partial charge in [0.2, 0.25) is 5.82 Å². The number of benzene rings is 2. The predicted octanol–water partition coefficient (Wildman–Crippen LogP) is 4.51. The molecule has 2 aromatic carbocycles. The average Bonchev–Trinajstić information content (AvgIpc) is 3.02. The molecule has 0 radical (unpaired) electrons. The second-order valence-electron chi connectivity index (χ2n) is 4.58. The molecule has 0 aliphatic heterocycles. The summed E-state index contributed by atoms with van der Waals surface area (Å²) >= 11 is 9.23. The van der Waals surface area contributed by atoms with Gasteiger partial charge in [-0.1, -0.05) is 41.0 Å². The molecule has 0 saturated heterocycles. The number of hydrogen-bond donors (Lipinski definition) is 0. The summed E-state index contributed by atoms with van der Waals surface area (Å²) in [6.07, 6.45) is 0. The van der Waals surface area contributed by atoms with Crippen molar-refractivity contribution in [1.29, 1.82) is 0 Å². The minimum atomic E-state index is -0.472. The van der Waals surface area contributed by atoms with Gasteiger partial charge in [-0.15, -0.1) is 0 Å². The summed E-state index contributed by atoms with van der Waals surface area (Å²) in [6.45, 7) is -0.103. The number of halogens is 2.